The van der Waals surface area contributed by atoms with Crippen molar-refractivity contribution in [1.82, 2.24) is 14.5 Å². The molecule has 0 saturated carbocycles. The average Bonchev–Trinajstić information content (AvgIpc) is 3.07. The van der Waals surface area contributed by atoms with E-state index in [-0.39, 0.29) is 17.3 Å². The van der Waals surface area contributed by atoms with Crippen LogP contribution in [0.5, 0.6) is 0 Å². The van der Waals surface area contributed by atoms with Crippen LogP contribution in [0.3, 0.4) is 0 Å². The van der Waals surface area contributed by atoms with Crippen molar-refractivity contribution in [3.05, 3.63) is 47.9 Å². The van der Waals surface area contributed by atoms with Crippen molar-refractivity contribution >= 4 is 28.4 Å². The number of carbonyl (C=O) groups excluding carboxylic acids is 1. The molecule has 3 rings (SSSR count). The standard InChI is InChI=1S/C20H25N5O2/c1-20(2,3)25-11-10-15-16(21-4)23-17(24-18(15)25)19(26)22-14-8-6-13(7-9-14)12-27-5/h6-11H,12H2,1-5H3,(H,22,26)(H,21,23,24). The smallest absolute Gasteiger partial charge is 0.293 e. The second-order valence-electron chi connectivity index (χ2n) is 7.32. The fourth-order valence-electron chi connectivity index (χ4n) is 2.89. The third kappa shape index (κ3) is 3.93. The largest absolute Gasteiger partial charge is 0.380 e. The molecule has 0 aliphatic rings. The Kier molecular flexibility index (Phi) is 5.14. The third-order valence-corrected chi connectivity index (χ3v) is 4.23. The van der Waals surface area contributed by atoms with E-state index in [1.54, 1.807) is 14.2 Å². The van der Waals surface area contributed by atoms with Crippen molar-refractivity contribution in [1.29, 1.82) is 0 Å². The first-order valence-corrected chi connectivity index (χ1v) is 8.80. The first-order valence-electron chi connectivity index (χ1n) is 8.80. The van der Waals surface area contributed by atoms with Gasteiger partial charge < -0.3 is 19.9 Å². The summed E-state index contributed by atoms with van der Waals surface area (Å²) in [5.41, 5.74) is 2.28. The molecule has 0 radical (unpaired) electrons. The molecule has 0 aliphatic heterocycles. The Morgan fingerprint density at radius 3 is 2.44 bits per heavy atom. The predicted octanol–water partition coefficient (Wildman–Crippen LogP) is 3.63. The number of amides is 1. The zero-order valence-electron chi connectivity index (χ0n) is 16.3. The van der Waals surface area contributed by atoms with Gasteiger partial charge in [0.1, 0.15) is 11.5 Å². The molecular formula is C20H25N5O2. The quantitative estimate of drug-likeness (QED) is 0.720. The van der Waals surface area contributed by atoms with Crippen molar-refractivity contribution in [3.63, 3.8) is 0 Å². The second-order valence-corrected chi connectivity index (χ2v) is 7.32. The summed E-state index contributed by atoms with van der Waals surface area (Å²) in [6, 6.07) is 9.45. The fourth-order valence-corrected chi connectivity index (χ4v) is 2.89. The summed E-state index contributed by atoms with van der Waals surface area (Å²) >= 11 is 0. The van der Waals surface area contributed by atoms with Crippen molar-refractivity contribution in [2.75, 3.05) is 24.8 Å². The molecule has 2 heterocycles. The summed E-state index contributed by atoms with van der Waals surface area (Å²) in [4.78, 5) is 21.6. The maximum Gasteiger partial charge on any atom is 0.293 e. The minimum absolute atomic E-state index is 0.122. The van der Waals surface area contributed by atoms with Crippen molar-refractivity contribution in [3.8, 4) is 0 Å². The van der Waals surface area contributed by atoms with Crippen molar-refractivity contribution < 1.29 is 9.53 Å². The highest BCUT2D eigenvalue weighted by molar-refractivity contribution is 6.03. The number of hydrogen-bond acceptors (Lipinski definition) is 5. The van der Waals surface area contributed by atoms with Gasteiger partial charge in [0.25, 0.3) is 5.91 Å². The van der Waals surface area contributed by atoms with E-state index in [4.69, 9.17) is 4.74 Å². The van der Waals surface area contributed by atoms with E-state index < -0.39 is 0 Å². The molecule has 7 heteroatoms. The molecule has 3 aromatic rings. The Labute approximate surface area is 158 Å². The average molecular weight is 367 g/mol. The van der Waals surface area contributed by atoms with E-state index in [0.29, 0.717) is 18.1 Å². The lowest BCUT2D eigenvalue weighted by molar-refractivity contribution is 0.101. The predicted molar refractivity (Wildman–Crippen MR) is 107 cm³/mol. The topological polar surface area (TPSA) is 81.1 Å². The van der Waals surface area contributed by atoms with Crippen LogP contribution >= 0.6 is 0 Å². The number of methoxy groups -OCH3 is 1. The van der Waals surface area contributed by atoms with Gasteiger partial charge in [0, 0.05) is 31.6 Å². The van der Waals surface area contributed by atoms with E-state index in [1.807, 2.05) is 41.1 Å². The molecule has 1 amide bonds. The number of anilines is 2. The molecule has 0 atom stereocenters. The number of fused-ring (bicyclic) bond motifs is 1. The zero-order chi connectivity index (χ0) is 19.6. The number of rotatable bonds is 5. The first kappa shape index (κ1) is 18.8. The van der Waals surface area contributed by atoms with Gasteiger partial charge in [-0.1, -0.05) is 12.1 Å². The van der Waals surface area contributed by atoms with Crippen LogP contribution in [0.2, 0.25) is 0 Å². The van der Waals surface area contributed by atoms with E-state index in [9.17, 15) is 4.79 Å². The van der Waals surface area contributed by atoms with Gasteiger partial charge in [0.15, 0.2) is 0 Å². The second kappa shape index (κ2) is 7.36. The molecule has 0 bridgehead atoms. The number of hydrogen-bond donors (Lipinski definition) is 2. The minimum atomic E-state index is -0.352. The lowest BCUT2D eigenvalue weighted by Gasteiger charge is -2.22. The Balaban J connectivity index is 1.94. The lowest BCUT2D eigenvalue weighted by Crippen LogP contribution is -2.22. The van der Waals surface area contributed by atoms with Crippen LogP contribution in [0.25, 0.3) is 11.0 Å². The Morgan fingerprint density at radius 1 is 1.15 bits per heavy atom. The number of nitrogens with zero attached hydrogens (tertiary/aromatic N) is 3. The summed E-state index contributed by atoms with van der Waals surface area (Å²) in [6.07, 6.45) is 1.97. The normalized spacial score (nSPS) is 11.6. The summed E-state index contributed by atoms with van der Waals surface area (Å²) in [6.45, 7) is 6.81. The molecule has 1 aromatic carbocycles. The van der Waals surface area contributed by atoms with E-state index in [2.05, 4.69) is 41.4 Å². The highest BCUT2D eigenvalue weighted by atomic mass is 16.5. The summed E-state index contributed by atoms with van der Waals surface area (Å²) < 4.78 is 7.14. The molecule has 0 aliphatic carbocycles. The van der Waals surface area contributed by atoms with E-state index >= 15 is 0 Å². The van der Waals surface area contributed by atoms with Gasteiger partial charge in [-0.3, -0.25) is 4.79 Å². The molecule has 0 unspecified atom stereocenters. The van der Waals surface area contributed by atoms with Crippen LogP contribution in [0, 0.1) is 0 Å². The molecule has 7 nitrogen and oxygen atoms in total. The van der Waals surface area contributed by atoms with Gasteiger partial charge in [-0.05, 0) is 44.5 Å². The number of carbonyl (C=O) groups is 1. The highest BCUT2D eigenvalue weighted by Crippen LogP contribution is 2.26. The van der Waals surface area contributed by atoms with E-state index in [1.165, 1.54) is 0 Å². The number of ether oxygens (including phenoxy) is 1. The first-order chi connectivity index (χ1) is 12.8. The fraction of sp³-hybridized carbons (Fsp3) is 0.350. The molecular weight excluding hydrogens is 342 g/mol. The molecule has 0 fully saturated rings. The SMILES string of the molecule is CNc1nc(C(=O)Nc2ccc(COC)cc2)nc2c1ccn2C(C)(C)C. The van der Waals surface area contributed by atoms with Crippen molar-refractivity contribution in [2.24, 2.45) is 0 Å². The molecule has 142 valence electrons. The van der Waals surface area contributed by atoms with Crippen LogP contribution in [0.4, 0.5) is 11.5 Å². The maximum absolute atomic E-state index is 12.7. The van der Waals surface area contributed by atoms with Crippen LogP contribution in [-0.2, 0) is 16.9 Å². The van der Waals surface area contributed by atoms with Crippen LogP contribution < -0.4 is 10.6 Å². The maximum atomic E-state index is 12.7. The van der Waals surface area contributed by atoms with E-state index in [0.717, 1.165) is 16.6 Å². The molecule has 27 heavy (non-hydrogen) atoms. The third-order valence-electron chi connectivity index (χ3n) is 4.23. The van der Waals surface area contributed by atoms with Gasteiger partial charge in [0.2, 0.25) is 5.82 Å². The summed E-state index contributed by atoms with van der Waals surface area (Å²) in [7, 11) is 3.43. The Morgan fingerprint density at radius 2 is 1.85 bits per heavy atom. The molecule has 0 spiro atoms. The van der Waals surface area contributed by atoms with Gasteiger partial charge in [0.05, 0.1) is 12.0 Å². The van der Waals surface area contributed by atoms with Crippen LogP contribution in [0.15, 0.2) is 36.5 Å². The summed E-state index contributed by atoms with van der Waals surface area (Å²) in [5, 5.41) is 6.79. The lowest BCUT2D eigenvalue weighted by atomic mass is 10.1. The molecule has 2 N–H and O–H groups in total. The zero-order valence-corrected chi connectivity index (χ0v) is 16.3. The van der Waals surface area contributed by atoms with Gasteiger partial charge in [-0.2, -0.15) is 0 Å². The summed E-state index contributed by atoms with van der Waals surface area (Å²) in [5.74, 6) is 0.398. The molecule has 0 saturated heterocycles. The van der Waals surface area contributed by atoms with Crippen LogP contribution in [-0.4, -0.2) is 34.6 Å². The number of benzene rings is 1. The van der Waals surface area contributed by atoms with Gasteiger partial charge in [-0.25, -0.2) is 9.97 Å². The Hall–Kier alpha value is -2.93. The highest BCUT2D eigenvalue weighted by Gasteiger charge is 2.21. The Bertz CT molecular complexity index is 955. The monoisotopic (exact) mass is 367 g/mol. The number of aromatic nitrogens is 3. The van der Waals surface area contributed by atoms with Gasteiger partial charge in [-0.15, -0.1) is 0 Å². The van der Waals surface area contributed by atoms with Gasteiger partial charge >= 0.3 is 0 Å². The minimum Gasteiger partial charge on any atom is -0.380 e. The number of nitrogens with one attached hydrogen (secondary N) is 2. The van der Waals surface area contributed by atoms with Crippen LogP contribution in [0.1, 0.15) is 37.0 Å². The van der Waals surface area contributed by atoms with Crippen molar-refractivity contribution in [2.45, 2.75) is 32.9 Å². The molecule has 2 aromatic heterocycles.